The van der Waals surface area contributed by atoms with Gasteiger partial charge in [0, 0.05) is 70.8 Å². The van der Waals surface area contributed by atoms with Gasteiger partial charge in [0.15, 0.2) is 0 Å². The first-order valence-corrected chi connectivity index (χ1v) is 18.2. The number of piperidine rings is 1. The number of carbonyl (C=O) groups excluding carboxylic acids is 1. The van der Waals surface area contributed by atoms with Gasteiger partial charge in [-0.3, -0.25) is 0 Å². The molecule has 12 heteroatoms. The number of para-hydroxylation sites is 2. The Morgan fingerprint density at radius 1 is 0.774 bits per heavy atom. The van der Waals surface area contributed by atoms with Crippen LogP contribution in [0.1, 0.15) is 12.8 Å². The number of rotatable bonds is 9. The topological polar surface area (TPSA) is 139 Å². The molecule has 0 spiro atoms. The van der Waals surface area contributed by atoms with Gasteiger partial charge >= 0.3 is 5.97 Å². The lowest BCUT2D eigenvalue weighted by molar-refractivity contribution is -0.155. The number of hydrogen-bond donors (Lipinski definition) is 3. The van der Waals surface area contributed by atoms with Gasteiger partial charge in [0.2, 0.25) is 22.8 Å². The van der Waals surface area contributed by atoms with E-state index in [0.29, 0.717) is 46.9 Å². The van der Waals surface area contributed by atoms with Crippen molar-refractivity contribution in [3.05, 3.63) is 139 Å². The molecule has 0 saturated carbocycles. The summed E-state index contributed by atoms with van der Waals surface area (Å²) in [6.07, 6.45) is 0.733. The molecule has 4 aromatic carbocycles. The van der Waals surface area contributed by atoms with Crippen LogP contribution in [0.5, 0.6) is 11.8 Å². The summed E-state index contributed by atoms with van der Waals surface area (Å²) in [5.41, 5.74) is 5.61. The van der Waals surface area contributed by atoms with Crippen LogP contribution in [0.25, 0.3) is 33.4 Å². The quantitative estimate of drug-likeness (QED) is 0.128. The molecule has 1 aliphatic carbocycles. The third-order valence-electron chi connectivity index (χ3n) is 9.06. The second-order valence-corrected chi connectivity index (χ2v) is 13.6. The Balaban J connectivity index is 1.11. The molecule has 1 fully saturated rings. The largest absolute Gasteiger partial charge is 0.492 e. The molecule has 8 rings (SSSR count). The number of carbonyl (C=O) groups is 1. The molecule has 11 nitrogen and oxygen atoms in total. The van der Waals surface area contributed by atoms with Gasteiger partial charge in [-0.05, 0) is 67.4 Å². The van der Waals surface area contributed by atoms with E-state index in [2.05, 4.69) is 5.32 Å². The number of nitrogens with one attached hydrogen (secondary N) is 1. The van der Waals surface area contributed by atoms with E-state index in [4.69, 9.17) is 18.5 Å². The number of hydrogen-bond acceptors (Lipinski definition) is 10. The minimum atomic E-state index is -1.92. The Morgan fingerprint density at radius 2 is 1.47 bits per heavy atom. The summed E-state index contributed by atoms with van der Waals surface area (Å²) in [6, 6.07) is 41.3. The Hall–Kier alpha value is -6.21. The van der Waals surface area contributed by atoms with Crippen molar-refractivity contribution in [3.63, 3.8) is 0 Å². The van der Waals surface area contributed by atoms with Crippen molar-refractivity contribution in [2.45, 2.75) is 17.7 Å². The highest BCUT2D eigenvalue weighted by molar-refractivity contribution is 7.80. The molecule has 0 bridgehead atoms. The minimum absolute atomic E-state index is 0.318. The van der Waals surface area contributed by atoms with Crippen molar-refractivity contribution < 1.29 is 32.8 Å². The van der Waals surface area contributed by atoms with Gasteiger partial charge in [-0.2, -0.15) is 9.35 Å². The fourth-order valence-electron chi connectivity index (χ4n) is 6.44. The van der Waals surface area contributed by atoms with Crippen LogP contribution in [0.4, 0.5) is 17.1 Å². The van der Waals surface area contributed by atoms with E-state index in [9.17, 15) is 19.2 Å². The lowest BCUT2D eigenvalue weighted by atomic mass is 9.93. The summed E-state index contributed by atoms with van der Waals surface area (Å²) in [4.78, 5) is 23.2. The highest BCUT2D eigenvalue weighted by atomic mass is 32.2. The molecule has 3 heterocycles. The molecule has 1 atom stereocenters. The SMILES string of the molecule is O=C(On1c(O)ccc1O)C1CCN(OS(=O)c2ccccc2-c2c3ccc(=Nc4ccccc4)cc-3oc3cc(Nc4ccccc4)ccc23)CC1. The number of hydroxylamine groups is 2. The van der Waals surface area contributed by atoms with Crippen molar-refractivity contribution in [1.29, 1.82) is 0 Å². The highest BCUT2D eigenvalue weighted by Crippen LogP contribution is 2.43. The highest BCUT2D eigenvalue weighted by Gasteiger charge is 2.30. The number of aromatic hydroxyl groups is 2. The van der Waals surface area contributed by atoms with E-state index < -0.39 is 23.0 Å². The predicted molar refractivity (Wildman–Crippen MR) is 201 cm³/mol. The van der Waals surface area contributed by atoms with Crippen LogP contribution in [-0.4, -0.2) is 43.3 Å². The Bertz CT molecular complexity index is 2450. The molecule has 1 aromatic heterocycles. The fraction of sp³-hybridized carbons (Fsp3) is 0.122. The number of benzene rings is 5. The van der Waals surface area contributed by atoms with Crippen molar-refractivity contribution in [1.82, 2.24) is 9.79 Å². The molecule has 1 saturated heterocycles. The van der Waals surface area contributed by atoms with Crippen LogP contribution in [0, 0.1) is 5.92 Å². The first-order chi connectivity index (χ1) is 25.9. The Labute approximate surface area is 306 Å². The molecule has 0 radical (unpaired) electrons. The predicted octanol–water partition coefficient (Wildman–Crippen LogP) is 7.71. The monoisotopic (exact) mass is 726 g/mol. The molecule has 3 aliphatic rings. The number of fused-ring (bicyclic) bond motifs is 2. The molecular weight excluding hydrogens is 693 g/mol. The zero-order valence-electron chi connectivity index (χ0n) is 28.3. The summed E-state index contributed by atoms with van der Waals surface area (Å²) < 4.78 is 27.3. The molecule has 2 aliphatic heterocycles. The summed E-state index contributed by atoms with van der Waals surface area (Å²) in [5.74, 6) is -1.25. The van der Waals surface area contributed by atoms with Gasteiger partial charge in [-0.25, -0.2) is 14.0 Å². The maximum Gasteiger partial charge on any atom is 0.336 e. The maximum absolute atomic E-state index is 14.0. The third kappa shape index (κ3) is 7.28. The third-order valence-corrected chi connectivity index (χ3v) is 10.1. The zero-order chi connectivity index (χ0) is 36.3. The number of aromatic nitrogens is 1. The van der Waals surface area contributed by atoms with Crippen LogP contribution < -0.4 is 15.5 Å². The van der Waals surface area contributed by atoms with Crippen LogP contribution in [-0.2, 0) is 20.2 Å². The van der Waals surface area contributed by atoms with Crippen molar-refractivity contribution in [2.75, 3.05) is 18.4 Å². The van der Waals surface area contributed by atoms with E-state index in [1.54, 1.807) is 11.1 Å². The smallest absolute Gasteiger partial charge is 0.336 e. The van der Waals surface area contributed by atoms with Gasteiger partial charge < -0.3 is 24.8 Å². The molecule has 5 aromatic rings. The lowest BCUT2D eigenvalue weighted by Gasteiger charge is -2.29. The van der Waals surface area contributed by atoms with Gasteiger partial charge in [0.05, 0.1) is 21.9 Å². The first-order valence-electron chi connectivity index (χ1n) is 17.1. The standard InChI is InChI=1S/C41H34N4O7S/c46-38-19-20-39(47)45(38)51-41(48)27-21-23-44(24-22-27)52-53(49)37-14-8-7-13-34(37)40-32-17-15-30(42-28-9-3-1-4-10-28)25-35(32)50-36-26-31(16-18-33(36)40)43-29-11-5-2-6-12-29/h1-20,25-27,42,46-47H,21-24H2. The molecule has 266 valence electrons. The molecule has 3 N–H and O–H groups in total. The average Bonchev–Trinajstić information content (AvgIpc) is 3.50. The Morgan fingerprint density at radius 3 is 2.23 bits per heavy atom. The average molecular weight is 727 g/mol. The van der Waals surface area contributed by atoms with E-state index in [0.717, 1.165) is 44.5 Å². The Kier molecular flexibility index (Phi) is 9.47. The van der Waals surface area contributed by atoms with E-state index in [1.807, 2.05) is 115 Å². The van der Waals surface area contributed by atoms with Crippen LogP contribution in [0.3, 0.4) is 0 Å². The van der Waals surface area contributed by atoms with Gasteiger partial charge in [0.25, 0.3) is 0 Å². The second kappa shape index (κ2) is 14.8. The van der Waals surface area contributed by atoms with Crippen LogP contribution in [0.2, 0.25) is 0 Å². The number of nitrogens with zero attached hydrogens (tertiary/aromatic N) is 3. The molecular formula is C41H34N4O7S. The van der Waals surface area contributed by atoms with Gasteiger partial charge in [-0.1, -0.05) is 54.6 Å². The molecule has 1 unspecified atom stereocenters. The zero-order valence-corrected chi connectivity index (χ0v) is 29.1. The van der Waals surface area contributed by atoms with Gasteiger partial charge in [-0.15, -0.1) is 4.73 Å². The van der Waals surface area contributed by atoms with Crippen LogP contribution in [0.15, 0.2) is 148 Å². The van der Waals surface area contributed by atoms with E-state index >= 15 is 0 Å². The number of anilines is 2. The maximum atomic E-state index is 14.0. The summed E-state index contributed by atoms with van der Waals surface area (Å²) in [6.45, 7) is 0.635. The summed E-state index contributed by atoms with van der Waals surface area (Å²) in [7, 11) is 0. The van der Waals surface area contributed by atoms with Crippen molar-refractivity contribution in [3.8, 4) is 34.2 Å². The molecule has 53 heavy (non-hydrogen) atoms. The van der Waals surface area contributed by atoms with Crippen molar-refractivity contribution in [2.24, 2.45) is 10.9 Å². The van der Waals surface area contributed by atoms with E-state index in [-0.39, 0.29) is 11.8 Å². The second-order valence-electron chi connectivity index (χ2n) is 12.6. The molecule has 0 amide bonds. The van der Waals surface area contributed by atoms with Crippen LogP contribution >= 0.6 is 0 Å². The van der Waals surface area contributed by atoms with Gasteiger partial charge in [0.1, 0.15) is 11.3 Å². The first kappa shape index (κ1) is 33.9. The fourth-order valence-corrected chi connectivity index (χ4v) is 7.40. The summed E-state index contributed by atoms with van der Waals surface area (Å²) >= 11 is -1.92. The minimum Gasteiger partial charge on any atom is -0.492 e. The van der Waals surface area contributed by atoms with Crippen molar-refractivity contribution >= 4 is 45.1 Å². The normalized spacial score (nSPS) is 14.8. The van der Waals surface area contributed by atoms with E-state index in [1.165, 1.54) is 12.1 Å². The lowest BCUT2D eigenvalue weighted by Crippen LogP contribution is -2.39. The summed E-state index contributed by atoms with van der Waals surface area (Å²) in [5, 5.41) is 26.3.